The molecule has 3 heteroatoms. The molecule has 0 radical (unpaired) electrons. The SMILES string of the molecule is CCCCCCCCCCN1CCCN(CCBr)CC1. The van der Waals surface area contributed by atoms with Gasteiger partial charge in [0.2, 0.25) is 0 Å². The van der Waals surface area contributed by atoms with E-state index in [1.165, 1.54) is 97.1 Å². The Labute approximate surface area is 135 Å². The van der Waals surface area contributed by atoms with E-state index in [4.69, 9.17) is 0 Å². The maximum atomic E-state index is 3.55. The van der Waals surface area contributed by atoms with Crippen LogP contribution in [0, 0.1) is 0 Å². The van der Waals surface area contributed by atoms with Crippen LogP contribution in [0.2, 0.25) is 0 Å². The molecule has 0 aliphatic carbocycles. The Morgan fingerprint density at radius 1 is 0.700 bits per heavy atom. The van der Waals surface area contributed by atoms with Crippen LogP contribution in [0.3, 0.4) is 0 Å². The number of unbranched alkanes of at least 4 members (excludes halogenated alkanes) is 7. The van der Waals surface area contributed by atoms with Crippen molar-refractivity contribution in [2.45, 2.75) is 64.7 Å². The van der Waals surface area contributed by atoms with Crippen molar-refractivity contribution in [1.82, 2.24) is 9.80 Å². The van der Waals surface area contributed by atoms with Crippen LogP contribution in [-0.4, -0.2) is 54.4 Å². The second-order valence-corrected chi connectivity index (χ2v) is 6.99. The second kappa shape index (κ2) is 13.1. The van der Waals surface area contributed by atoms with Gasteiger partial charge in [-0.15, -0.1) is 0 Å². The van der Waals surface area contributed by atoms with Crippen molar-refractivity contribution in [3.63, 3.8) is 0 Å². The molecule has 2 nitrogen and oxygen atoms in total. The first-order chi connectivity index (χ1) is 9.86. The molecule has 0 N–H and O–H groups in total. The van der Waals surface area contributed by atoms with Crippen LogP contribution in [-0.2, 0) is 0 Å². The van der Waals surface area contributed by atoms with Gasteiger partial charge in [-0.05, 0) is 32.5 Å². The fraction of sp³-hybridized carbons (Fsp3) is 1.00. The Bertz CT molecular complexity index is 211. The van der Waals surface area contributed by atoms with Gasteiger partial charge < -0.3 is 9.80 Å². The van der Waals surface area contributed by atoms with E-state index < -0.39 is 0 Å². The predicted molar refractivity (Wildman–Crippen MR) is 93.9 cm³/mol. The molecule has 0 atom stereocenters. The van der Waals surface area contributed by atoms with Gasteiger partial charge >= 0.3 is 0 Å². The molecule has 0 spiro atoms. The Hall–Kier alpha value is 0.400. The summed E-state index contributed by atoms with van der Waals surface area (Å²) in [7, 11) is 0. The van der Waals surface area contributed by atoms with Crippen LogP contribution < -0.4 is 0 Å². The van der Waals surface area contributed by atoms with E-state index in [9.17, 15) is 0 Å². The molecule has 0 bridgehead atoms. The molecule has 0 aromatic carbocycles. The molecule has 1 fully saturated rings. The third-order valence-corrected chi connectivity index (χ3v) is 4.76. The number of alkyl halides is 1. The molecule has 20 heavy (non-hydrogen) atoms. The highest BCUT2D eigenvalue weighted by molar-refractivity contribution is 9.09. The zero-order valence-electron chi connectivity index (χ0n) is 13.6. The minimum atomic E-state index is 1.12. The lowest BCUT2D eigenvalue weighted by Crippen LogP contribution is -2.32. The summed E-state index contributed by atoms with van der Waals surface area (Å²) in [5.74, 6) is 0. The fourth-order valence-corrected chi connectivity index (χ4v) is 3.56. The third-order valence-electron chi connectivity index (χ3n) is 4.41. The minimum Gasteiger partial charge on any atom is -0.302 e. The van der Waals surface area contributed by atoms with Crippen molar-refractivity contribution >= 4 is 15.9 Å². The topological polar surface area (TPSA) is 6.48 Å². The summed E-state index contributed by atoms with van der Waals surface area (Å²) in [5.41, 5.74) is 0. The van der Waals surface area contributed by atoms with Crippen molar-refractivity contribution < 1.29 is 0 Å². The van der Waals surface area contributed by atoms with Gasteiger partial charge in [0, 0.05) is 25.0 Å². The number of hydrogen-bond donors (Lipinski definition) is 0. The lowest BCUT2D eigenvalue weighted by molar-refractivity contribution is 0.260. The lowest BCUT2D eigenvalue weighted by Gasteiger charge is -2.21. The maximum absolute atomic E-state index is 3.55. The molecule has 1 aliphatic heterocycles. The Morgan fingerprint density at radius 2 is 1.25 bits per heavy atom. The summed E-state index contributed by atoms with van der Waals surface area (Å²) < 4.78 is 0. The number of nitrogens with zero attached hydrogens (tertiary/aromatic N) is 2. The number of halogens is 1. The summed E-state index contributed by atoms with van der Waals surface area (Å²) in [6, 6.07) is 0. The first-order valence-electron chi connectivity index (χ1n) is 8.87. The van der Waals surface area contributed by atoms with E-state index in [1.54, 1.807) is 0 Å². The molecule has 0 amide bonds. The summed E-state index contributed by atoms with van der Waals surface area (Å²) in [5, 5.41) is 1.12. The molecule has 0 aromatic rings. The van der Waals surface area contributed by atoms with E-state index in [2.05, 4.69) is 32.7 Å². The molecule has 0 saturated carbocycles. The van der Waals surface area contributed by atoms with Crippen LogP contribution in [0.5, 0.6) is 0 Å². The summed E-state index contributed by atoms with van der Waals surface area (Å²) in [4.78, 5) is 5.29. The molecule has 0 unspecified atom stereocenters. The highest BCUT2D eigenvalue weighted by atomic mass is 79.9. The van der Waals surface area contributed by atoms with E-state index in [-0.39, 0.29) is 0 Å². The molecule has 1 rings (SSSR count). The summed E-state index contributed by atoms with van der Waals surface area (Å²) in [6.45, 7) is 9.99. The Morgan fingerprint density at radius 3 is 1.85 bits per heavy atom. The van der Waals surface area contributed by atoms with Crippen molar-refractivity contribution in [1.29, 1.82) is 0 Å². The third kappa shape index (κ3) is 9.36. The highest BCUT2D eigenvalue weighted by Gasteiger charge is 2.13. The Balaban J connectivity index is 1.94. The fourth-order valence-electron chi connectivity index (χ4n) is 3.06. The van der Waals surface area contributed by atoms with Gasteiger partial charge in [-0.2, -0.15) is 0 Å². The minimum absolute atomic E-state index is 1.12. The first-order valence-corrected chi connectivity index (χ1v) is 9.99. The van der Waals surface area contributed by atoms with Crippen LogP contribution in [0.15, 0.2) is 0 Å². The van der Waals surface area contributed by atoms with Gasteiger partial charge in [-0.3, -0.25) is 0 Å². The normalized spacial score (nSPS) is 18.3. The Kier molecular flexibility index (Phi) is 12.1. The molecule has 1 saturated heterocycles. The second-order valence-electron chi connectivity index (χ2n) is 6.20. The first kappa shape index (κ1) is 18.4. The van der Waals surface area contributed by atoms with Crippen LogP contribution in [0.1, 0.15) is 64.7 Å². The highest BCUT2D eigenvalue weighted by Crippen LogP contribution is 2.10. The average Bonchev–Trinajstić information content (AvgIpc) is 2.68. The van der Waals surface area contributed by atoms with Crippen LogP contribution >= 0.6 is 15.9 Å². The number of hydrogen-bond acceptors (Lipinski definition) is 2. The maximum Gasteiger partial charge on any atom is 0.0159 e. The van der Waals surface area contributed by atoms with Crippen LogP contribution in [0.25, 0.3) is 0 Å². The number of rotatable bonds is 11. The molecule has 1 aliphatic rings. The lowest BCUT2D eigenvalue weighted by atomic mass is 10.1. The van der Waals surface area contributed by atoms with Crippen molar-refractivity contribution in [3.8, 4) is 0 Å². The zero-order valence-corrected chi connectivity index (χ0v) is 15.2. The van der Waals surface area contributed by atoms with Gasteiger partial charge in [-0.25, -0.2) is 0 Å². The summed E-state index contributed by atoms with van der Waals surface area (Å²) >= 11 is 3.55. The quantitative estimate of drug-likeness (QED) is 0.400. The molecular formula is C17H35BrN2. The van der Waals surface area contributed by atoms with Gasteiger partial charge in [0.25, 0.3) is 0 Å². The molecule has 120 valence electrons. The van der Waals surface area contributed by atoms with Crippen molar-refractivity contribution in [3.05, 3.63) is 0 Å². The predicted octanol–water partition coefficient (Wildman–Crippen LogP) is 4.53. The van der Waals surface area contributed by atoms with Gasteiger partial charge in [0.05, 0.1) is 0 Å². The monoisotopic (exact) mass is 346 g/mol. The van der Waals surface area contributed by atoms with Gasteiger partial charge in [0.15, 0.2) is 0 Å². The molecular weight excluding hydrogens is 312 g/mol. The van der Waals surface area contributed by atoms with Gasteiger partial charge in [-0.1, -0.05) is 67.8 Å². The van der Waals surface area contributed by atoms with Crippen LogP contribution in [0.4, 0.5) is 0 Å². The zero-order chi connectivity index (χ0) is 14.5. The summed E-state index contributed by atoms with van der Waals surface area (Å²) in [6.07, 6.45) is 12.8. The van der Waals surface area contributed by atoms with Crippen molar-refractivity contribution in [2.75, 3.05) is 44.6 Å². The van der Waals surface area contributed by atoms with E-state index in [1.807, 2.05) is 0 Å². The average molecular weight is 347 g/mol. The smallest absolute Gasteiger partial charge is 0.0159 e. The van der Waals surface area contributed by atoms with E-state index in [0.29, 0.717) is 0 Å². The van der Waals surface area contributed by atoms with Gasteiger partial charge in [0.1, 0.15) is 0 Å². The van der Waals surface area contributed by atoms with E-state index in [0.717, 1.165) is 5.33 Å². The molecule has 0 aromatic heterocycles. The molecule has 1 heterocycles. The largest absolute Gasteiger partial charge is 0.302 e. The standard InChI is InChI=1S/C17H35BrN2/c1-2-3-4-5-6-7-8-9-12-19-13-10-14-20(15-11-18)17-16-19/h2-17H2,1H3. The van der Waals surface area contributed by atoms with Crippen molar-refractivity contribution in [2.24, 2.45) is 0 Å². The van der Waals surface area contributed by atoms with E-state index >= 15 is 0 Å².